The molecule has 0 aromatic rings. The molecule has 2 unspecified atom stereocenters. The molecule has 0 aromatic heterocycles. The Morgan fingerprint density at radius 2 is 0.952 bits per heavy atom. The number of rotatable bonds is 33. The van der Waals surface area contributed by atoms with Gasteiger partial charge in [-0.05, 0) is 38.0 Å². The number of aliphatic hydroxyl groups is 2. The van der Waals surface area contributed by atoms with Crippen LogP contribution in [0.5, 0.6) is 0 Å². The summed E-state index contributed by atoms with van der Waals surface area (Å²) in [5.41, 5.74) is -1.29. The van der Waals surface area contributed by atoms with Crippen LogP contribution in [0, 0.1) is 5.92 Å². The monoisotopic (exact) mass is 600 g/mol. The maximum atomic E-state index is 12.4. The number of unbranched alkanes of at least 4 members (excludes halogenated alkanes) is 20. The van der Waals surface area contributed by atoms with Gasteiger partial charge in [0.2, 0.25) is 0 Å². The van der Waals surface area contributed by atoms with Gasteiger partial charge in [0.05, 0.1) is 13.2 Å². The van der Waals surface area contributed by atoms with Gasteiger partial charge in [0.25, 0.3) is 0 Å². The van der Waals surface area contributed by atoms with Crippen LogP contribution < -0.4 is 0 Å². The Labute approximate surface area is 258 Å². The molecule has 2 atom stereocenters. The summed E-state index contributed by atoms with van der Waals surface area (Å²) in [7, 11) is 0. The van der Waals surface area contributed by atoms with Crippen LogP contribution in [0.2, 0.25) is 0 Å². The van der Waals surface area contributed by atoms with Crippen molar-refractivity contribution in [3.8, 4) is 0 Å². The highest BCUT2D eigenvalue weighted by Gasteiger charge is 2.39. The average molecular weight is 601 g/mol. The highest BCUT2D eigenvalue weighted by atomic mass is 16.5. The average Bonchev–Trinajstić information content (AvgIpc) is 2.95. The molecule has 0 heterocycles. The second-order valence-corrected chi connectivity index (χ2v) is 13.1. The number of aliphatic hydroxyl groups excluding tert-OH is 2. The van der Waals surface area contributed by atoms with Gasteiger partial charge in [-0.1, -0.05) is 142 Å². The van der Waals surface area contributed by atoms with Crippen LogP contribution in [0.15, 0.2) is 0 Å². The minimum absolute atomic E-state index is 0.156. The third kappa shape index (κ3) is 25.3. The standard InChI is InChI=1S/C35H68O7/c1-31(2)25-21-17-13-9-5-3-7-11-15-19-23-27-35(34(40)41,42-30-32(37)29-36)28-24-20-16-12-8-4-6-10-14-18-22-26-33(38)39/h31-32,36-37H,3-30H2,1-2H3,(H,38,39)(H,40,41). The molecular weight excluding hydrogens is 532 g/mol. The van der Waals surface area contributed by atoms with Gasteiger partial charge in [-0.25, -0.2) is 4.79 Å². The largest absolute Gasteiger partial charge is 0.481 e. The van der Waals surface area contributed by atoms with E-state index in [9.17, 15) is 24.9 Å². The van der Waals surface area contributed by atoms with E-state index in [1.54, 1.807) is 0 Å². The zero-order valence-electron chi connectivity index (χ0n) is 27.5. The Hall–Kier alpha value is -1.18. The van der Waals surface area contributed by atoms with Crippen LogP contribution in [0.25, 0.3) is 0 Å². The normalized spacial score (nSPS) is 13.8. The van der Waals surface area contributed by atoms with E-state index >= 15 is 0 Å². The van der Waals surface area contributed by atoms with E-state index in [0.717, 1.165) is 76.5 Å². The lowest BCUT2D eigenvalue weighted by Crippen LogP contribution is -2.44. The Kier molecular flexibility index (Phi) is 27.8. The molecule has 0 aromatic carbocycles. The smallest absolute Gasteiger partial charge is 0.335 e. The van der Waals surface area contributed by atoms with E-state index < -0.39 is 30.3 Å². The van der Waals surface area contributed by atoms with Crippen LogP contribution in [0.4, 0.5) is 0 Å². The lowest BCUT2D eigenvalue weighted by atomic mass is 9.89. The van der Waals surface area contributed by atoms with Crippen molar-refractivity contribution in [1.82, 2.24) is 0 Å². The van der Waals surface area contributed by atoms with Gasteiger partial charge in [-0.2, -0.15) is 0 Å². The molecule has 0 spiro atoms. The van der Waals surface area contributed by atoms with Crippen LogP contribution >= 0.6 is 0 Å². The number of aliphatic carboxylic acids is 2. The fraction of sp³-hybridized carbons (Fsp3) is 0.943. The van der Waals surface area contributed by atoms with E-state index in [1.807, 2.05) is 0 Å². The summed E-state index contributed by atoms with van der Waals surface area (Å²) in [5.74, 6) is -0.847. The van der Waals surface area contributed by atoms with Crippen molar-refractivity contribution in [3.05, 3.63) is 0 Å². The Morgan fingerprint density at radius 1 is 0.595 bits per heavy atom. The van der Waals surface area contributed by atoms with Crippen LogP contribution in [0.3, 0.4) is 0 Å². The zero-order valence-corrected chi connectivity index (χ0v) is 27.5. The summed E-state index contributed by atoms with van der Waals surface area (Å²) in [6, 6.07) is 0. The highest BCUT2D eigenvalue weighted by Crippen LogP contribution is 2.28. The van der Waals surface area contributed by atoms with Crippen molar-refractivity contribution in [2.24, 2.45) is 5.92 Å². The number of carbonyl (C=O) groups is 2. The van der Waals surface area contributed by atoms with Gasteiger partial charge in [-0.15, -0.1) is 0 Å². The molecule has 0 aliphatic rings. The van der Waals surface area contributed by atoms with Gasteiger partial charge in [0, 0.05) is 6.42 Å². The van der Waals surface area contributed by atoms with E-state index in [0.29, 0.717) is 12.8 Å². The molecule has 250 valence electrons. The predicted molar refractivity (Wildman–Crippen MR) is 172 cm³/mol. The molecule has 42 heavy (non-hydrogen) atoms. The molecule has 0 saturated carbocycles. The van der Waals surface area contributed by atoms with Gasteiger partial charge in [-0.3, -0.25) is 4.79 Å². The van der Waals surface area contributed by atoms with Crippen molar-refractivity contribution >= 4 is 11.9 Å². The van der Waals surface area contributed by atoms with Crippen LogP contribution in [-0.2, 0) is 14.3 Å². The molecule has 7 nitrogen and oxygen atoms in total. The third-order valence-corrected chi connectivity index (χ3v) is 8.49. The summed E-state index contributed by atoms with van der Waals surface area (Å²) >= 11 is 0. The first kappa shape index (κ1) is 40.8. The first-order chi connectivity index (χ1) is 20.2. The van der Waals surface area contributed by atoms with Crippen LogP contribution in [0.1, 0.15) is 181 Å². The van der Waals surface area contributed by atoms with Crippen molar-refractivity contribution in [3.63, 3.8) is 0 Å². The molecular formula is C35H68O7. The molecule has 0 aliphatic carbocycles. The summed E-state index contributed by atoms with van der Waals surface area (Å²) < 4.78 is 5.83. The fourth-order valence-corrected chi connectivity index (χ4v) is 5.69. The first-order valence-electron chi connectivity index (χ1n) is 17.6. The lowest BCUT2D eigenvalue weighted by Gasteiger charge is -2.31. The topological polar surface area (TPSA) is 124 Å². The zero-order chi connectivity index (χ0) is 31.3. The van der Waals surface area contributed by atoms with Crippen molar-refractivity contribution < 1.29 is 34.8 Å². The van der Waals surface area contributed by atoms with Crippen LogP contribution in [-0.4, -0.2) is 57.3 Å². The third-order valence-electron chi connectivity index (χ3n) is 8.49. The van der Waals surface area contributed by atoms with E-state index in [1.165, 1.54) is 77.0 Å². The number of carboxylic acids is 2. The Morgan fingerprint density at radius 3 is 1.29 bits per heavy atom. The molecule has 0 bridgehead atoms. The summed E-state index contributed by atoms with van der Waals surface area (Å²) in [6.45, 7) is 4.00. The first-order valence-corrected chi connectivity index (χ1v) is 17.6. The second-order valence-electron chi connectivity index (χ2n) is 13.1. The molecule has 0 radical (unpaired) electrons. The van der Waals surface area contributed by atoms with E-state index in [4.69, 9.17) is 9.84 Å². The summed E-state index contributed by atoms with van der Waals surface area (Å²) in [6.07, 6.45) is 26.4. The van der Waals surface area contributed by atoms with E-state index in [-0.39, 0.29) is 13.0 Å². The lowest BCUT2D eigenvalue weighted by molar-refractivity contribution is -0.174. The van der Waals surface area contributed by atoms with Gasteiger partial charge >= 0.3 is 11.9 Å². The Balaban J connectivity index is 4.15. The second kappa shape index (κ2) is 28.6. The SMILES string of the molecule is CC(C)CCCCCCCCCCCCCC(CCCCCCCCCCCCCC(=O)O)(OCC(O)CO)C(=O)O. The highest BCUT2D eigenvalue weighted by molar-refractivity contribution is 5.77. The molecule has 0 amide bonds. The van der Waals surface area contributed by atoms with E-state index in [2.05, 4.69) is 13.8 Å². The number of hydrogen-bond acceptors (Lipinski definition) is 5. The minimum atomic E-state index is -1.29. The summed E-state index contributed by atoms with van der Waals surface area (Å²) in [5, 5.41) is 37.8. The molecule has 4 N–H and O–H groups in total. The molecule has 0 fully saturated rings. The molecule has 0 saturated heterocycles. The van der Waals surface area contributed by atoms with Gasteiger partial charge < -0.3 is 25.2 Å². The number of ether oxygens (including phenoxy) is 1. The van der Waals surface area contributed by atoms with Crippen molar-refractivity contribution in [2.75, 3.05) is 13.2 Å². The Bertz CT molecular complexity index is 624. The summed E-state index contributed by atoms with van der Waals surface area (Å²) in [4.78, 5) is 22.9. The predicted octanol–water partition coefficient (Wildman–Crippen LogP) is 9.06. The fourth-order valence-electron chi connectivity index (χ4n) is 5.69. The maximum Gasteiger partial charge on any atom is 0.335 e. The molecule has 0 aliphatic heterocycles. The maximum absolute atomic E-state index is 12.4. The molecule has 0 rings (SSSR count). The quantitative estimate of drug-likeness (QED) is 0.0554. The molecule has 7 heteroatoms. The number of carboxylic acid groups (broad SMARTS) is 2. The van der Waals surface area contributed by atoms with Crippen molar-refractivity contribution in [1.29, 1.82) is 0 Å². The van der Waals surface area contributed by atoms with Crippen molar-refractivity contribution in [2.45, 2.75) is 192 Å². The van der Waals surface area contributed by atoms with Gasteiger partial charge in [0.1, 0.15) is 6.10 Å². The minimum Gasteiger partial charge on any atom is -0.481 e. The van der Waals surface area contributed by atoms with Gasteiger partial charge in [0.15, 0.2) is 5.60 Å². The number of hydrogen-bond donors (Lipinski definition) is 4.